The van der Waals surface area contributed by atoms with Gasteiger partial charge >= 0.3 is 0 Å². The van der Waals surface area contributed by atoms with Crippen molar-refractivity contribution in [2.45, 2.75) is 55.4 Å². The number of aliphatic imine (C=N–C) groups is 1. The molecular formula is C23H35FeN3O. The van der Waals surface area contributed by atoms with Crippen LogP contribution in [0.5, 0.6) is 0 Å². The third-order valence-corrected chi connectivity index (χ3v) is 3.82. The predicted molar refractivity (Wildman–Crippen MR) is 117 cm³/mol. The quantitative estimate of drug-likeness (QED) is 0.571. The van der Waals surface area contributed by atoms with Crippen molar-refractivity contribution in [3.8, 4) is 0 Å². The first-order valence-corrected chi connectivity index (χ1v) is 9.39. The molecule has 0 bridgehead atoms. The first-order valence-electron chi connectivity index (χ1n) is 9.39. The number of benzene rings is 1. The van der Waals surface area contributed by atoms with E-state index in [1.165, 1.54) is 0 Å². The third-order valence-electron chi connectivity index (χ3n) is 3.82. The van der Waals surface area contributed by atoms with Crippen molar-refractivity contribution in [3.05, 3.63) is 41.5 Å². The Morgan fingerprint density at radius 1 is 0.857 bits per heavy atom. The fraction of sp³-hybridized carbons (Fsp3) is 0.522. The number of rotatable bonds is 3. The van der Waals surface area contributed by atoms with Crippen molar-refractivity contribution in [1.29, 1.82) is 10.8 Å². The van der Waals surface area contributed by atoms with Crippen LogP contribution < -0.4 is 0 Å². The average molecular weight is 425 g/mol. The van der Waals surface area contributed by atoms with Crippen LogP contribution in [0.15, 0.2) is 40.9 Å². The topological polar surface area (TPSA) is 69.3 Å². The molecule has 0 amide bonds. The minimum absolute atomic E-state index is 0. The van der Waals surface area contributed by atoms with Gasteiger partial charge in [0.05, 0.1) is 13.2 Å². The van der Waals surface area contributed by atoms with E-state index in [4.69, 9.17) is 15.6 Å². The molecule has 0 saturated carbocycles. The van der Waals surface area contributed by atoms with Gasteiger partial charge in [0, 0.05) is 28.4 Å². The molecule has 0 saturated heterocycles. The largest absolute Gasteiger partial charge is 0.380 e. The summed E-state index contributed by atoms with van der Waals surface area (Å²) in [5, 5.41) is 15.6. The van der Waals surface area contributed by atoms with E-state index in [9.17, 15) is 0 Å². The zero-order valence-corrected chi connectivity index (χ0v) is 19.6. The number of dihydropyridines is 1. The van der Waals surface area contributed by atoms with Crippen LogP contribution >= 0.6 is 0 Å². The van der Waals surface area contributed by atoms with E-state index in [1.54, 1.807) is 0 Å². The third kappa shape index (κ3) is 9.09. The number of amidine groups is 1. The van der Waals surface area contributed by atoms with Crippen molar-refractivity contribution in [2.24, 2.45) is 15.8 Å². The van der Waals surface area contributed by atoms with E-state index in [2.05, 4.69) is 46.5 Å². The predicted octanol–water partition coefficient (Wildman–Crippen LogP) is 6.02. The molecule has 0 unspecified atom stereocenters. The van der Waals surface area contributed by atoms with Crippen LogP contribution in [-0.2, 0) is 21.8 Å². The van der Waals surface area contributed by atoms with Crippen LogP contribution in [0.2, 0.25) is 0 Å². The zero-order valence-electron chi connectivity index (χ0n) is 18.5. The molecule has 5 heteroatoms. The number of nitrogens with one attached hydrogen (secondary N) is 2. The fourth-order valence-corrected chi connectivity index (χ4v) is 2.42. The summed E-state index contributed by atoms with van der Waals surface area (Å²) in [6, 6.07) is 9.73. The molecule has 0 aliphatic carbocycles. The number of hydrogen-bond acceptors (Lipinski definition) is 3. The van der Waals surface area contributed by atoms with Gasteiger partial charge in [0.15, 0.2) is 5.84 Å². The Bertz CT molecular complexity index is 721. The molecule has 0 fully saturated rings. The summed E-state index contributed by atoms with van der Waals surface area (Å²) in [6.45, 7) is 18.7. The van der Waals surface area contributed by atoms with Crippen molar-refractivity contribution < 1.29 is 21.8 Å². The Hall–Kier alpha value is -1.55. The Kier molecular flexibility index (Phi) is 10.2. The van der Waals surface area contributed by atoms with Gasteiger partial charge in [-0.05, 0) is 35.8 Å². The van der Waals surface area contributed by atoms with Gasteiger partial charge in [-0.1, -0.05) is 71.9 Å². The molecule has 1 aromatic carbocycles. The van der Waals surface area contributed by atoms with E-state index < -0.39 is 0 Å². The second-order valence-corrected chi connectivity index (χ2v) is 9.40. The summed E-state index contributed by atoms with van der Waals surface area (Å²) in [4.78, 5) is 4.04. The van der Waals surface area contributed by atoms with Gasteiger partial charge < -0.3 is 4.74 Å². The molecule has 1 aromatic rings. The molecule has 28 heavy (non-hydrogen) atoms. The van der Waals surface area contributed by atoms with Crippen LogP contribution in [0.25, 0.3) is 5.57 Å². The number of allylic oxidation sites excluding steroid dienone is 1. The number of hydrogen-bond donors (Lipinski definition) is 2. The molecule has 1 heterocycles. The second kappa shape index (κ2) is 10.8. The summed E-state index contributed by atoms with van der Waals surface area (Å²) in [6.07, 6.45) is 0. The van der Waals surface area contributed by atoms with Gasteiger partial charge in [-0.15, -0.1) is 0 Å². The number of nitrogens with zero attached hydrogens (tertiary/aromatic N) is 1. The molecule has 0 aromatic heterocycles. The molecule has 2 N–H and O–H groups in total. The maximum absolute atomic E-state index is 7.92. The monoisotopic (exact) mass is 425 g/mol. The Morgan fingerprint density at radius 3 is 1.75 bits per heavy atom. The maximum Gasteiger partial charge on any atom is 0.170 e. The van der Waals surface area contributed by atoms with Crippen LogP contribution in [0.1, 0.15) is 61.0 Å². The smallest absolute Gasteiger partial charge is 0.170 e. The van der Waals surface area contributed by atoms with Crippen LogP contribution in [-0.4, -0.2) is 30.5 Å². The van der Waals surface area contributed by atoms with E-state index in [-0.39, 0.29) is 28.6 Å². The Morgan fingerprint density at radius 2 is 1.32 bits per heavy atom. The minimum atomic E-state index is 0. The molecule has 0 radical (unpaired) electrons. The van der Waals surface area contributed by atoms with Crippen molar-refractivity contribution >= 4 is 22.8 Å². The van der Waals surface area contributed by atoms with E-state index >= 15 is 0 Å². The van der Waals surface area contributed by atoms with Gasteiger partial charge in [-0.3, -0.25) is 10.8 Å². The Labute approximate surface area is 181 Å². The molecule has 1 aliphatic heterocycles. The van der Waals surface area contributed by atoms with Crippen molar-refractivity contribution in [2.75, 3.05) is 13.2 Å². The summed E-state index contributed by atoms with van der Waals surface area (Å²) in [5.74, 6) is 0.0435. The van der Waals surface area contributed by atoms with Crippen molar-refractivity contribution in [3.63, 3.8) is 0 Å². The molecule has 0 atom stereocenters. The average Bonchev–Trinajstić information content (AvgIpc) is 2.52. The van der Waals surface area contributed by atoms with E-state index in [0.717, 1.165) is 35.6 Å². The normalized spacial score (nSPS) is 14.8. The molecular weight excluding hydrogens is 390 g/mol. The van der Waals surface area contributed by atoms with Gasteiger partial charge in [0.1, 0.15) is 5.71 Å². The minimum Gasteiger partial charge on any atom is -0.380 e. The van der Waals surface area contributed by atoms with Gasteiger partial charge in [0.2, 0.25) is 0 Å². The summed E-state index contributed by atoms with van der Waals surface area (Å²) in [5.41, 5.74) is 4.39. The van der Waals surface area contributed by atoms with Crippen LogP contribution in [0.3, 0.4) is 0 Å². The SMILES string of the molecule is CC(C)(C)COCC(C)(C)C.CC1=NC(=N)C(=N)C(c2ccccc2)=C1C.[Fe]. The summed E-state index contributed by atoms with van der Waals surface area (Å²) >= 11 is 0. The summed E-state index contributed by atoms with van der Waals surface area (Å²) in [7, 11) is 0. The van der Waals surface area contributed by atoms with Gasteiger partial charge in [-0.25, -0.2) is 4.99 Å². The fourth-order valence-electron chi connectivity index (χ4n) is 2.42. The van der Waals surface area contributed by atoms with Crippen molar-refractivity contribution in [1.82, 2.24) is 0 Å². The molecule has 2 rings (SSSR count). The first-order chi connectivity index (χ1) is 12.3. The maximum atomic E-state index is 7.92. The molecule has 1 aliphatic rings. The standard InChI is InChI=1S/C13H13N3.C10H22O.Fe/c1-8-9(2)16-13(15)12(14)11(8)10-6-4-3-5-7-10;1-9(2,3)7-11-8-10(4,5)6;/h3-7,14-15H,1-2H3;7-8H2,1-6H3;. The second-order valence-electron chi connectivity index (χ2n) is 9.40. The molecule has 156 valence electrons. The molecule has 4 nitrogen and oxygen atoms in total. The zero-order chi connectivity index (χ0) is 20.8. The van der Waals surface area contributed by atoms with Crippen LogP contribution in [0, 0.1) is 21.6 Å². The summed E-state index contributed by atoms with van der Waals surface area (Å²) < 4.78 is 5.56. The number of ether oxygens (including phenoxy) is 1. The van der Waals surface area contributed by atoms with E-state index in [1.807, 2.05) is 44.2 Å². The van der Waals surface area contributed by atoms with Gasteiger partial charge in [-0.2, -0.15) is 0 Å². The van der Waals surface area contributed by atoms with Crippen LogP contribution in [0.4, 0.5) is 0 Å². The Balaban J connectivity index is 0.000000541. The van der Waals surface area contributed by atoms with E-state index in [0.29, 0.717) is 10.8 Å². The first kappa shape index (κ1) is 26.4. The van der Waals surface area contributed by atoms with Gasteiger partial charge in [0.25, 0.3) is 0 Å². The molecule has 0 spiro atoms.